The molecule has 3 saturated carbocycles. The molecule has 1 aromatic rings. The van der Waals surface area contributed by atoms with E-state index in [1.54, 1.807) is 6.92 Å². The maximum absolute atomic E-state index is 13.5. The second-order valence-corrected chi connectivity index (χ2v) is 12.2. The molecule has 0 bridgehead atoms. The van der Waals surface area contributed by atoms with Crippen LogP contribution in [0.1, 0.15) is 78.2 Å². The number of nitrogens with two attached hydrogens (primary N) is 1. The highest BCUT2D eigenvalue weighted by molar-refractivity contribution is 5.91. The van der Waals surface area contributed by atoms with Crippen molar-refractivity contribution in [3.8, 4) is 0 Å². The molecular weight excluding hydrogens is 426 g/mol. The van der Waals surface area contributed by atoms with Crippen molar-refractivity contribution in [1.29, 1.82) is 0 Å². The molecule has 0 amide bonds. The lowest BCUT2D eigenvalue weighted by Crippen LogP contribution is -2.59. The van der Waals surface area contributed by atoms with E-state index in [-0.39, 0.29) is 22.7 Å². The predicted octanol–water partition coefficient (Wildman–Crippen LogP) is 5.33. The van der Waals surface area contributed by atoms with Crippen LogP contribution < -0.4 is 5.73 Å². The summed E-state index contributed by atoms with van der Waals surface area (Å²) in [5.41, 5.74) is 7.79. The second kappa shape index (κ2) is 7.04. The maximum Gasteiger partial charge on any atom is 0.193 e. The largest absolute Gasteiger partial charge is 0.399 e. The minimum Gasteiger partial charge on any atom is -0.399 e. The predicted molar refractivity (Wildman–Crippen MR) is 130 cm³/mol. The van der Waals surface area contributed by atoms with E-state index in [2.05, 4.69) is 13.8 Å². The summed E-state index contributed by atoms with van der Waals surface area (Å²) in [6.07, 6.45) is 8.31. The second-order valence-electron chi connectivity index (χ2n) is 12.2. The number of benzene rings is 1. The molecule has 4 aliphatic carbocycles. The summed E-state index contributed by atoms with van der Waals surface area (Å²) in [6, 6.07) is 7.61. The zero-order valence-electron chi connectivity index (χ0n) is 20.9. The molecule has 0 spiro atoms. The standard InChI is InChI=1S/C29H37NO4/c1-17(31)29-25(33-28(4,34-29)18-5-8-20(30)9-6-18)16-24-22-10-7-19-15-21(32)11-13-26(19,2)23(22)12-14-27(24,29)3/h5-6,8-9,15,22-25H,7,10-14,16,30H2,1-4H3/t22-,23+,24+,25-,26+,27+,28-,29-/m1/s1. The lowest BCUT2D eigenvalue weighted by atomic mass is 9.46. The SMILES string of the molecule is CC(=O)[C@@]12O[C@](C)(c3ccc(N)cc3)O[C@@H]1C[C@H]1[C@@H]3CCC4=CC(=O)CC[C@]4(C)[C@H]3CC[C@@]12C. The van der Waals surface area contributed by atoms with Gasteiger partial charge in [-0.1, -0.05) is 31.6 Å². The molecule has 34 heavy (non-hydrogen) atoms. The number of rotatable bonds is 2. The van der Waals surface area contributed by atoms with E-state index in [1.807, 2.05) is 37.3 Å². The van der Waals surface area contributed by atoms with Crippen LogP contribution in [0.5, 0.6) is 0 Å². The normalized spacial score (nSPS) is 47.3. The van der Waals surface area contributed by atoms with Crippen molar-refractivity contribution >= 4 is 17.3 Å². The van der Waals surface area contributed by atoms with Gasteiger partial charge in [0.15, 0.2) is 23.0 Å². The fourth-order valence-corrected chi connectivity index (χ4v) is 9.07. The summed E-state index contributed by atoms with van der Waals surface area (Å²) in [5, 5.41) is 0. The van der Waals surface area contributed by atoms with Crippen molar-refractivity contribution in [2.75, 3.05) is 5.73 Å². The molecule has 4 fully saturated rings. The van der Waals surface area contributed by atoms with Crippen LogP contribution in [-0.2, 0) is 24.8 Å². The van der Waals surface area contributed by atoms with E-state index in [4.69, 9.17) is 15.2 Å². The summed E-state index contributed by atoms with van der Waals surface area (Å²) in [7, 11) is 0. The van der Waals surface area contributed by atoms with Crippen molar-refractivity contribution in [1.82, 2.24) is 0 Å². The van der Waals surface area contributed by atoms with Gasteiger partial charge in [-0.25, -0.2) is 0 Å². The molecule has 0 aromatic heterocycles. The van der Waals surface area contributed by atoms with Crippen LogP contribution in [0.25, 0.3) is 0 Å². The number of hydrogen-bond donors (Lipinski definition) is 1. The van der Waals surface area contributed by atoms with E-state index in [0.717, 1.165) is 44.1 Å². The van der Waals surface area contributed by atoms with Crippen LogP contribution in [0.3, 0.4) is 0 Å². The molecule has 2 N–H and O–H groups in total. The summed E-state index contributed by atoms with van der Waals surface area (Å²) >= 11 is 0. The zero-order chi connectivity index (χ0) is 24.1. The van der Waals surface area contributed by atoms with Gasteiger partial charge in [0.05, 0.1) is 6.10 Å². The van der Waals surface area contributed by atoms with Crippen molar-refractivity contribution in [3.63, 3.8) is 0 Å². The molecule has 5 aliphatic rings. The number of ether oxygens (including phenoxy) is 2. The van der Waals surface area contributed by atoms with Crippen LogP contribution in [-0.4, -0.2) is 23.3 Å². The molecular formula is C29H37NO4. The van der Waals surface area contributed by atoms with Gasteiger partial charge in [-0.15, -0.1) is 0 Å². The summed E-state index contributed by atoms with van der Waals surface area (Å²) in [6.45, 7) is 8.34. The molecule has 1 aliphatic heterocycles. The Kier molecular flexibility index (Phi) is 4.65. The van der Waals surface area contributed by atoms with Gasteiger partial charge in [0.2, 0.25) is 0 Å². The molecule has 1 saturated heterocycles. The smallest absolute Gasteiger partial charge is 0.193 e. The Bertz CT molecular complexity index is 1090. The summed E-state index contributed by atoms with van der Waals surface area (Å²) in [5.74, 6) is 0.891. The molecule has 5 heteroatoms. The minimum absolute atomic E-state index is 0.0889. The van der Waals surface area contributed by atoms with E-state index in [9.17, 15) is 9.59 Å². The molecule has 0 radical (unpaired) electrons. The van der Waals surface area contributed by atoms with Gasteiger partial charge >= 0.3 is 0 Å². The first kappa shape index (κ1) is 22.5. The Labute approximate surface area is 202 Å². The maximum atomic E-state index is 13.5. The highest BCUT2D eigenvalue weighted by Crippen LogP contribution is 2.71. The van der Waals surface area contributed by atoms with Crippen LogP contribution in [0.15, 0.2) is 35.9 Å². The fraction of sp³-hybridized carbons (Fsp3) is 0.655. The Hall–Kier alpha value is -1.98. The highest BCUT2D eigenvalue weighted by Gasteiger charge is 2.75. The van der Waals surface area contributed by atoms with Crippen molar-refractivity contribution in [2.45, 2.75) is 90.1 Å². The van der Waals surface area contributed by atoms with Crippen LogP contribution in [0.4, 0.5) is 5.69 Å². The van der Waals surface area contributed by atoms with Gasteiger partial charge in [0.1, 0.15) is 0 Å². The number of Topliss-reactive ketones (excluding diaryl/α,β-unsaturated/α-hetero) is 1. The van der Waals surface area contributed by atoms with Crippen molar-refractivity contribution in [3.05, 3.63) is 41.5 Å². The number of ketones is 2. The van der Waals surface area contributed by atoms with Crippen LogP contribution >= 0.6 is 0 Å². The molecule has 6 rings (SSSR count). The minimum atomic E-state index is -0.965. The lowest BCUT2D eigenvalue weighted by molar-refractivity contribution is -0.227. The summed E-state index contributed by atoms with van der Waals surface area (Å²) < 4.78 is 13.6. The number of carbonyl (C=O) groups is 2. The Morgan fingerprint density at radius 2 is 1.76 bits per heavy atom. The first-order chi connectivity index (χ1) is 16.0. The Morgan fingerprint density at radius 1 is 1.03 bits per heavy atom. The number of hydrogen-bond acceptors (Lipinski definition) is 5. The molecule has 1 aromatic carbocycles. The molecule has 8 atom stereocenters. The average molecular weight is 464 g/mol. The lowest BCUT2D eigenvalue weighted by Gasteiger charge is -2.59. The van der Waals surface area contributed by atoms with Gasteiger partial charge in [0.25, 0.3) is 0 Å². The van der Waals surface area contributed by atoms with Gasteiger partial charge in [0, 0.05) is 23.1 Å². The Balaban J connectivity index is 1.37. The quantitative estimate of drug-likeness (QED) is 0.600. The third-order valence-corrected chi connectivity index (χ3v) is 10.8. The van der Waals surface area contributed by atoms with Crippen molar-refractivity contribution in [2.24, 2.45) is 28.6 Å². The average Bonchev–Trinajstić information content (AvgIpc) is 3.23. The number of anilines is 1. The third kappa shape index (κ3) is 2.69. The van der Waals surface area contributed by atoms with Crippen LogP contribution in [0.2, 0.25) is 0 Å². The number of carbonyl (C=O) groups excluding carboxylic acids is 2. The highest BCUT2D eigenvalue weighted by atomic mass is 16.8. The molecule has 1 heterocycles. The molecule has 182 valence electrons. The van der Waals surface area contributed by atoms with E-state index in [0.29, 0.717) is 35.6 Å². The topological polar surface area (TPSA) is 78.6 Å². The number of fused-ring (bicyclic) bond motifs is 7. The van der Waals surface area contributed by atoms with Crippen LogP contribution in [0, 0.1) is 28.6 Å². The molecule has 0 unspecified atom stereocenters. The van der Waals surface area contributed by atoms with E-state index in [1.165, 1.54) is 5.57 Å². The molecule has 5 nitrogen and oxygen atoms in total. The monoisotopic (exact) mass is 463 g/mol. The van der Waals surface area contributed by atoms with Gasteiger partial charge in [-0.3, -0.25) is 9.59 Å². The van der Waals surface area contributed by atoms with Gasteiger partial charge in [-0.2, -0.15) is 0 Å². The third-order valence-electron chi connectivity index (χ3n) is 10.8. The zero-order valence-corrected chi connectivity index (χ0v) is 20.9. The fourth-order valence-electron chi connectivity index (χ4n) is 9.07. The Morgan fingerprint density at radius 3 is 2.47 bits per heavy atom. The number of nitrogen functional groups attached to an aromatic ring is 1. The number of allylic oxidation sites excluding steroid dienone is 1. The summed E-state index contributed by atoms with van der Waals surface area (Å²) in [4.78, 5) is 25.6. The van der Waals surface area contributed by atoms with Crippen molar-refractivity contribution < 1.29 is 19.1 Å². The first-order valence-electron chi connectivity index (χ1n) is 13.0. The van der Waals surface area contributed by atoms with Gasteiger partial charge in [-0.05, 0) is 93.7 Å². The first-order valence-corrected chi connectivity index (χ1v) is 13.0. The van der Waals surface area contributed by atoms with E-state index < -0.39 is 11.4 Å². The van der Waals surface area contributed by atoms with Gasteiger partial charge < -0.3 is 15.2 Å². The van der Waals surface area contributed by atoms with E-state index >= 15 is 0 Å².